The molecule has 1 amide bonds. The molecule has 0 saturated heterocycles. The molecule has 10 heteroatoms. The number of amides is 1. The van der Waals surface area contributed by atoms with E-state index >= 15 is 8.78 Å². The first kappa shape index (κ1) is 22.8. The fourth-order valence-electron chi connectivity index (χ4n) is 4.54. The molecule has 8 nitrogen and oxygen atoms in total. The van der Waals surface area contributed by atoms with Crippen LogP contribution in [0, 0.1) is 0 Å². The lowest BCUT2D eigenvalue weighted by molar-refractivity contribution is 0.0386. The smallest absolute Gasteiger partial charge is 0.317 e. The second-order valence-corrected chi connectivity index (χ2v) is 9.12. The van der Waals surface area contributed by atoms with Crippen LogP contribution in [0.15, 0.2) is 53.3 Å². The number of hydrogen-bond acceptors (Lipinski definition) is 5. The standard InChI is InChI=1S/C25H24F2N6O2/c1-14(2)22-30-28-20-13-32(15(3)12-33(20)22)24(35)16-7-6-8-17(11-16)25(26,27)21-18-9-4-5-10-19(18)23(34)31-29-21/h4-11,14-15H,12-13H2,1-3H3,(H,31,34)/t15-/m0/s1. The van der Waals surface area contributed by atoms with Crippen molar-refractivity contribution in [1.82, 2.24) is 29.9 Å². The minimum Gasteiger partial charge on any atom is -0.327 e. The van der Waals surface area contributed by atoms with Crippen LogP contribution in [0.5, 0.6) is 0 Å². The van der Waals surface area contributed by atoms with Crippen molar-refractivity contribution < 1.29 is 13.6 Å². The Morgan fingerprint density at radius 2 is 1.86 bits per heavy atom. The number of alkyl halides is 2. The first-order valence-corrected chi connectivity index (χ1v) is 11.4. The maximum Gasteiger partial charge on any atom is 0.317 e. The lowest BCUT2D eigenvalue weighted by atomic mass is 9.98. The van der Waals surface area contributed by atoms with Gasteiger partial charge in [0, 0.05) is 35.0 Å². The molecule has 1 N–H and O–H groups in total. The van der Waals surface area contributed by atoms with Gasteiger partial charge in [-0.25, -0.2) is 5.10 Å². The molecule has 0 radical (unpaired) electrons. The number of rotatable bonds is 4. The van der Waals surface area contributed by atoms with Crippen molar-refractivity contribution in [1.29, 1.82) is 0 Å². The van der Waals surface area contributed by atoms with Gasteiger partial charge in [0.25, 0.3) is 11.5 Å². The third-order valence-corrected chi connectivity index (χ3v) is 6.39. The van der Waals surface area contributed by atoms with Crippen LogP contribution in [0.2, 0.25) is 0 Å². The largest absolute Gasteiger partial charge is 0.327 e. The summed E-state index contributed by atoms with van der Waals surface area (Å²) < 4.78 is 33.3. The number of benzene rings is 2. The summed E-state index contributed by atoms with van der Waals surface area (Å²) in [6.07, 6.45) is 0. The molecule has 1 atom stereocenters. The number of carbonyl (C=O) groups excluding carboxylic acids is 1. The van der Waals surface area contributed by atoms with Gasteiger partial charge < -0.3 is 9.47 Å². The Morgan fingerprint density at radius 1 is 1.11 bits per heavy atom. The van der Waals surface area contributed by atoms with E-state index in [9.17, 15) is 9.59 Å². The maximum absolute atomic E-state index is 15.7. The van der Waals surface area contributed by atoms with Crippen LogP contribution in [0.25, 0.3) is 10.8 Å². The minimum absolute atomic E-state index is 0.0583. The van der Waals surface area contributed by atoms with E-state index in [1.807, 2.05) is 25.3 Å². The SMILES string of the molecule is CC(C)c1nnc2n1C[C@H](C)N(C(=O)c1cccc(C(F)(F)c3n[nH]c(=O)c4ccccc34)c1)C2. The lowest BCUT2D eigenvalue weighted by Gasteiger charge is -2.34. The quantitative estimate of drug-likeness (QED) is 0.481. The second-order valence-electron chi connectivity index (χ2n) is 9.12. The van der Waals surface area contributed by atoms with Crippen molar-refractivity contribution in [3.05, 3.63) is 87.4 Å². The molecule has 1 aliphatic rings. The number of aromatic nitrogens is 5. The number of nitrogens with one attached hydrogen (secondary N) is 1. The van der Waals surface area contributed by atoms with Crippen LogP contribution in [-0.2, 0) is 19.0 Å². The Hall–Kier alpha value is -3.95. The van der Waals surface area contributed by atoms with E-state index in [0.29, 0.717) is 12.4 Å². The number of aromatic amines is 1. The van der Waals surface area contributed by atoms with Crippen LogP contribution in [0.4, 0.5) is 8.78 Å². The Bertz CT molecular complexity index is 1490. The average Bonchev–Trinajstić information content (AvgIpc) is 3.26. The molecule has 5 rings (SSSR count). The first-order valence-electron chi connectivity index (χ1n) is 11.4. The van der Waals surface area contributed by atoms with Crippen molar-refractivity contribution in [2.24, 2.45) is 0 Å². The summed E-state index contributed by atoms with van der Waals surface area (Å²) in [5, 5.41) is 14.5. The number of carbonyl (C=O) groups is 1. The molecule has 2 aromatic heterocycles. The maximum atomic E-state index is 15.7. The first-order chi connectivity index (χ1) is 16.7. The summed E-state index contributed by atoms with van der Waals surface area (Å²) >= 11 is 0. The molecule has 4 aromatic rings. The van der Waals surface area contributed by atoms with Gasteiger partial charge in [-0.15, -0.1) is 10.2 Å². The third-order valence-electron chi connectivity index (χ3n) is 6.39. The number of halogens is 2. The highest BCUT2D eigenvalue weighted by atomic mass is 19.3. The van der Waals surface area contributed by atoms with E-state index in [1.54, 1.807) is 17.0 Å². The molecule has 3 heterocycles. The molecule has 180 valence electrons. The highest BCUT2D eigenvalue weighted by Gasteiger charge is 2.39. The van der Waals surface area contributed by atoms with E-state index in [-0.39, 0.29) is 46.3 Å². The van der Waals surface area contributed by atoms with Crippen molar-refractivity contribution in [3.8, 4) is 0 Å². The van der Waals surface area contributed by atoms with Gasteiger partial charge >= 0.3 is 5.92 Å². The number of hydrogen-bond donors (Lipinski definition) is 1. The predicted octanol–water partition coefficient (Wildman–Crippen LogP) is 3.82. The van der Waals surface area contributed by atoms with Gasteiger partial charge in [0.15, 0.2) is 5.82 Å². The highest BCUT2D eigenvalue weighted by molar-refractivity contribution is 5.94. The van der Waals surface area contributed by atoms with Crippen molar-refractivity contribution in [2.45, 2.75) is 51.7 Å². The molecular formula is C25H24F2N6O2. The summed E-state index contributed by atoms with van der Waals surface area (Å²) in [6, 6.07) is 11.3. The van der Waals surface area contributed by atoms with Crippen molar-refractivity contribution in [3.63, 3.8) is 0 Å². The number of H-pyrrole nitrogens is 1. The molecule has 0 unspecified atom stereocenters. The highest BCUT2D eigenvalue weighted by Crippen LogP contribution is 2.37. The third kappa shape index (κ3) is 3.78. The number of fused-ring (bicyclic) bond motifs is 2. The molecule has 0 fully saturated rings. The second kappa shape index (κ2) is 8.37. The fourth-order valence-corrected chi connectivity index (χ4v) is 4.54. The van der Waals surface area contributed by atoms with Crippen LogP contribution < -0.4 is 5.56 Å². The van der Waals surface area contributed by atoms with Gasteiger partial charge in [0.1, 0.15) is 11.5 Å². The van der Waals surface area contributed by atoms with Crippen LogP contribution in [-0.4, -0.2) is 41.8 Å². The zero-order chi connectivity index (χ0) is 24.9. The Balaban J connectivity index is 1.49. The van der Waals surface area contributed by atoms with Gasteiger partial charge in [0.2, 0.25) is 0 Å². The average molecular weight is 479 g/mol. The molecule has 1 aliphatic heterocycles. The predicted molar refractivity (Wildman–Crippen MR) is 125 cm³/mol. The Labute approximate surface area is 199 Å². The van der Waals surface area contributed by atoms with E-state index < -0.39 is 17.2 Å². The Morgan fingerprint density at radius 3 is 2.60 bits per heavy atom. The van der Waals surface area contributed by atoms with Gasteiger partial charge in [0.05, 0.1) is 11.9 Å². The van der Waals surface area contributed by atoms with Gasteiger partial charge in [-0.05, 0) is 25.1 Å². The van der Waals surface area contributed by atoms with Gasteiger partial charge in [-0.3, -0.25) is 9.59 Å². The van der Waals surface area contributed by atoms with E-state index in [4.69, 9.17) is 0 Å². The zero-order valence-electron chi connectivity index (χ0n) is 19.5. The van der Waals surface area contributed by atoms with E-state index in [2.05, 4.69) is 20.4 Å². The molecular weight excluding hydrogens is 454 g/mol. The monoisotopic (exact) mass is 478 g/mol. The summed E-state index contributed by atoms with van der Waals surface area (Å²) in [6.45, 7) is 6.76. The fraction of sp³-hybridized carbons (Fsp3) is 0.320. The minimum atomic E-state index is -3.54. The summed E-state index contributed by atoms with van der Waals surface area (Å²) in [4.78, 5) is 27.1. The van der Waals surface area contributed by atoms with Crippen molar-refractivity contribution in [2.75, 3.05) is 0 Å². The van der Waals surface area contributed by atoms with Crippen LogP contribution in [0.1, 0.15) is 60.0 Å². The molecule has 35 heavy (non-hydrogen) atoms. The molecule has 2 aromatic carbocycles. The zero-order valence-corrected chi connectivity index (χ0v) is 19.5. The van der Waals surface area contributed by atoms with Crippen molar-refractivity contribution >= 4 is 16.7 Å². The summed E-state index contributed by atoms with van der Waals surface area (Å²) in [7, 11) is 0. The molecule has 0 saturated carbocycles. The van der Waals surface area contributed by atoms with Crippen LogP contribution >= 0.6 is 0 Å². The number of nitrogens with zero attached hydrogens (tertiary/aromatic N) is 5. The van der Waals surface area contributed by atoms with Gasteiger partial charge in [-0.2, -0.15) is 13.9 Å². The molecule has 0 aliphatic carbocycles. The summed E-state index contributed by atoms with van der Waals surface area (Å²) in [5.41, 5.74) is -1.36. The van der Waals surface area contributed by atoms with Gasteiger partial charge in [-0.1, -0.05) is 44.2 Å². The van der Waals surface area contributed by atoms with E-state index in [0.717, 1.165) is 5.82 Å². The van der Waals surface area contributed by atoms with Crippen LogP contribution in [0.3, 0.4) is 0 Å². The molecule has 0 spiro atoms. The summed E-state index contributed by atoms with van der Waals surface area (Å²) in [5.74, 6) is -2.18. The topological polar surface area (TPSA) is 96.8 Å². The Kier molecular flexibility index (Phi) is 5.46. The normalized spacial score (nSPS) is 16.1. The lowest BCUT2D eigenvalue weighted by Crippen LogP contribution is -2.45. The van der Waals surface area contributed by atoms with E-state index in [1.165, 1.54) is 36.4 Å². The molecule has 0 bridgehead atoms.